The summed E-state index contributed by atoms with van der Waals surface area (Å²) in [7, 11) is 0. The number of rotatable bonds is 5. The summed E-state index contributed by atoms with van der Waals surface area (Å²) >= 11 is 0. The maximum absolute atomic E-state index is 6.19. The van der Waals surface area contributed by atoms with Crippen LogP contribution < -0.4 is 15.0 Å². The van der Waals surface area contributed by atoms with Gasteiger partial charge in [-0.3, -0.25) is 0 Å². The minimum atomic E-state index is 0.323. The molecule has 2 rings (SSSR count). The second-order valence-electron chi connectivity index (χ2n) is 5.26. The van der Waals surface area contributed by atoms with Gasteiger partial charge in [0.15, 0.2) is 0 Å². The van der Waals surface area contributed by atoms with Crippen LogP contribution >= 0.6 is 0 Å². The van der Waals surface area contributed by atoms with E-state index in [1.54, 1.807) is 0 Å². The zero-order valence-corrected chi connectivity index (χ0v) is 12.4. The van der Waals surface area contributed by atoms with Crippen molar-refractivity contribution in [2.75, 3.05) is 31.1 Å². The van der Waals surface area contributed by atoms with Crippen LogP contribution in [0.4, 0.5) is 5.69 Å². The van der Waals surface area contributed by atoms with Crippen LogP contribution in [0.3, 0.4) is 0 Å². The number of benzene rings is 1. The number of hydrogen-bond donors (Lipinski definition) is 1. The number of hydrogen-bond acceptors (Lipinski definition) is 3. The molecule has 3 nitrogen and oxygen atoms in total. The van der Waals surface area contributed by atoms with Gasteiger partial charge in [-0.25, -0.2) is 0 Å². The Bertz CT molecular complexity index is 396. The van der Waals surface area contributed by atoms with Gasteiger partial charge < -0.3 is 15.0 Å². The van der Waals surface area contributed by atoms with Gasteiger partial charge in [-0.15, -0.1) is 0 Å². The molecule has 0 bridgehead atoms. The largest absolute Gasteiger partial charge is 0.488 e. The topological polar surface area (TPSA) is 24.5 Å². The summed E-state index contributed by atoms with van der Waals surface area (Å²) in [5.41, 5.74) is 2.55. The third-order valence-electron chi connectivity index (χ3n) is 3.78. The fourth-order valence-electron chi connectivity index (χ4n) is 2.51. The van der Waals surface area contributed by atoms with E-state index in [2.05, 4.69) is 49.2 Å². The molecule has 1 aliphatic heterocycles. The predicted octanol–water partition coefficient (Wildman–Crippen LogP) is 2.97. The van der Waals surface area contributed by atoms with Crippen LogP contribution in [0.15, 0.2) is 18.2 Å². The summed E-state index contributed by atoms with van der Waals surface area (Å²) in [6.07, 6.45) is 2.45. The standard InChI is InChI=1S/C16H26N2O/c1-4-14(5-2)19-16-7-6-13(3)12-15(16)18-10-8-17-9-11-18/h6-7,12,14,17H,4-5,8-11H2,1-3H3. The summed E-state index contributed by atoms with van der Waals surface area (Å²) in [5, 5.41) is 3.40. The van der Waals surface area contributed by atoms with Gasteiger partial charge in [0.1, 0.15) is 5.75 Å². The molecular weight excluding hydrogens is 236 g/mol. The van der Waals surface area contributed by atoms with Gasteiger partial charge in [0, 0.05) is 26.2 Å². The van der Waals surface area contributed by atoms with Crippen LogP contribution in [-0.2, 0) is 0 Å². The highest BCUT2D eigenvalue weighted by molar-refractivity contribution is 5.60. The zero-order chi connectivity index (χ0) is 13.7. The molecule has 0 saturated carbocycles. The first-order chi connectivity index (χ1) is 9.24. The zero-order valence-electron chi connectivity index (χ0n) is 12.4. The fraction of sp³-hybridized carbons (Fsp3) is 0.625. The molecule has 0 spiro atoms. The van der Waals surface area contributed by atoms with Crippen LogP contribution in [0, 0.1) is 6.92 Å². The third-order valence-corrected chi connectivity index (χ3v) is 3.78. The Kier molecular flexibility index (Phi) is 5.08. The number of ether oxygens (including phenoxy) is 1. The molecule has 1 N–H and O–H groups in total. The summed E-state index contributed by atoms with van der Waals surface area (Å²) in [5.74, 6) is 1.04. The minimum Gasteiger partial charge on any atom is -0.488 e. The van der Waals surface area contributed by atoms with Crippen molar-refractivity contribution in [1.82, 2.24) is 5.32 Å². The fourth-order valence-corrected chi connectivity index (χ4v) is 2.51. The van der Waals surface area contributed by atoms with Crippen molar-refractivity contribution in [3.8, 4) is 5.75 Å². The number of nitrogens with one attached hydrogen (secondary N) is 1. The van der Waals surface area contributed by atoms with Crippen LogP contribution in [0.5, 0.6) is 5.75 Å². The van der Waals surface area contributed by atoms with E-state index in [1.807, 2.05) is 0 Å². The van der Waals surface area contributed by atoms with Crippen LogP contribution in [0.1, 0.15) is 32.3 Å². The second kappa shape index (κ2) is 6.80. The van der Waals surface area contributed by atoms with Gasteiger partial charge in [0.2, 0.25) is 0 Å². The van der Waals surface area contributed by atoms with E-state index in [0.717, 1.165) is 44.8 Å². The smallest absolute Gasteiger partial charge is 0.143 e. The highest BCUT2D eigenvalue weighted by atomic mass is 16.5. The lowest BCUT2D eigenvalue weighted by Gasteiger charge is -2.32. The Morgan fingerprint density at radius 3 is 2.53 bits per heavy atom. The summed E-state index contributed by atoms with van der Waals surface area (Å²) in [6, 6.07) is 6.53. The Hall–Kier alpha value is -1.22. The molecule has 1 aromatic carbocycles. The van der Waals surface area contributed by atoms with Crippen molar-refractivity contribution >= 4 is 5.69 Å². The Morgan fingerprint density at radius 1 is 1.21 bits per heavy atom. The normalized spacial score (nSPS) is 15.9. The van der Waals surface area contributed by atoms with Crippen LogP contribution in [0.25, 0.3) is 0 Å². The van der Waals surface area contributed by atoms with E-state index in [-0.39, 0.29) is 0 Å². The Morgan fingerprint density at radius 2 is 1.89 bits per heavy atom. The molecule has 0 aromatic heterocycles. The third kappa shape index (κ3) is 3.63. The SMILES string of the molecule is CCC(CC)Oc1ccc(C)cc1N1CCNCC1. The Balaban J connectivity index is 2.21. The van der Waals surface area contributed by atoms with Gasteiger partial charge in [-0.05, 0) is 37.5 Å². The molecule has 0 unspecified atom stereocenters. The number of anilines is 1. The molecule has 0 atom stereocenters. The quantitative estimate of drug-likeness (QED) is 0.883. The van der Waals surface area contributed by atoms with Crippen molar-refractivity contribution in [3.05, 3.63) is 23.8 Å². The summed E-state index contributed by atoms with van der Waals surface area (Å²) in [4.78, 5) is 2.43. The van der Waals surface area contributed by atoms with E-state index in [9.17, 15) is 0 Å². The molecule has 106 valence electrons. The highest BCUT2D eigenvalue weighted by Crippen LogP contribution is 2.31. The number of nitrogens with zero attached hydrogens (tertiary/aromatic N) is 1. The molecular formula is C16H26N2O. The molecule has 0 aliphatic carbocycles. The van der Waals surface area contributed by atoms with Crippen LogP contribution in [-0.4, -0.2) is 32.3 Å². The van der Waals surface area contributed by atoms with Crippen molar-refractivity contribution < 1.29 is 4.74 Å². The lowest BCUT2D eigenvalue weighted by molar-refractivity contribution is 0.193. The van der Waals surface area contributed by atoms with Crippen LogP contribution in [0.2, 0.25) is 0 Å². The lowest BCUT2D eigenvalue weighted by Crippen LogP contribution is -2.43. The first kappa shape index (κ1) is 14.2. The molecule has 19 heavy (non-hydrogen) atoms. The lowest BCUT2D eigenvalue weighted by atomic mass is 10.1. The maximum atomic E-state index is 6.19. The summed E-state index contributed by atoms with van der Waals surface area (Å²) < 4.78 is 6.19. The Labute approximate surface area is 116 Å². The van der Waals surface area contributed by atoms with Gasteiger partial charge in [0.25, 0.3) is 0 Å². The predicted molar refractivity (Wildman–Crippen MR) is 81.3 cm³/mol. The molecule has 1 aromatic rings. The second-order valence-corrected chi connectivity index (χ2v) is 5.26. The monoisotopic (exact) mass is 262 g/mol. The average Bonchev–Trinajstić information content (AvgIpc) is 2.47. The summed E-state index contributed by atoms with van der Waals surface area (Å²) in [6.45, 7) is 10.7. The first-order valence-corrected chi connectivity index (χ1v) is 7.47. The molecule has 0 radical (unpaired) electrons. The van der Waals surface area contributed by atoms with Gasteiger partial charge in [0.05, 0.1) is 11.8 Å². The van der Waals surface area contributed by atoms with E-state index >= 15 is 0 Å². The van der Waals surface area contributed by atoms with E-state index in [1.165, 1.54) is 11.3 Å². The van der Waals surface area contributed by atoms with Gasteiger partial charge in [-0.2, -0.15) is 0 Å². The van der Waals surface area contributed by atoms with Crippen molar-refractivity contribution in [3.63, 3.8) is 0 Å². The molecule has 3 heteroatoms. The molecule has 1 aliphatic rings. The van der Waals surface area contributed by atoms with E-state index in [4.69, 9.17) is 4.74 Å². The maximum Gasteiger partial charge on any atom is 0.143 e. The molecule has 1 saturated heterocycles. The average molecular weight is 262 g/mol. The highest BCUT2D eigenvalue weighted by Gasteiger charge is 2.17. The molecule has 0 amide bonds. The van der Waals surface area contributed by atoms with Crippen molar-refractivity contribution in [2.45, 2.75) is 39.7 Å². The molecule has 1 fully saturated rings. The van der Waals surface area contributed by atoms with Gasteiger partial charge in [-0.1, -0.05) is 19.9 Å². The first-order valence-electron chi connectivity index (χ1n) is 7.47. The molecule has 1 heterocycles. The number of piperazine rings is 1. The van der Waals surface area contributed by atoms with Gasteiger partial charge >= 0.3 is 0 Å². The van der Waals surface area contributed by atoms with Crippen molar-refractivity contribution in [1.29, 1.82) is 0 Å². The van der Waals surface area contributed by atoms with Crippen molar-refractivity contribution in [2.24, 2.45) is 0 Å². The van der Waals surface area contributed by atoms with E-state index < -0.39 is 0 Å². The minimum absolute atomic E-state index is 0.323. The van der Waals surface area contributed by atoms with E-state index in [0.29, 0.717) is 6.10 Å². The number of aryl methyl sites for hydroxylation is 1.